The molecule has 0 atom stereocenters. The third-order valence-electron chi connectivity index (χ3n) is 3.50. The van der Waals surface area contributed by atoms with Crippen LogP contribution in [0.25, 0.3) is 0 Å². The second kappa shape index (κ2) is 9.19. The van der Waals surface area contributed by atoms with Gasteiger partial charge in [-0.05, 0) is 49.1 Å². The van der Waals surface area contributed by atoms with Crippen LogP contribution in [0.3, 0.4) is 0 Å². The Morgan fingerprint density at radius 3 is 2.52 bits per heavy atom. The van der Waals surface area contributed by atoms with Crippen LogP contribution >= 0.6 is 0 Å². The molecule has 25 heavy (non-hydrogen) atoms. The van der Waals surface area contributed by atoms with Gasteiger partial charge in [0.05, 0.1) is 4.90 Å². The molecule has 0 spiro atoms. The topological polar surface area (TPSA) is 92.7 Å². The van der Waals surface area contributed by atoms with Gasteiger partial charge < -0.3 is 9.84 Å². The summed E-state index contributed by atoms with van der Waals surface area (Å²) in [5.41, 5.74) is 1.02. The van der Waals surface area contributed by atoms with E-state index < -0.39 is 16.0 Å². The Balaban J connectivity index is 1.74. The number of aryl methyl sites for hydroxylation is 1. The van der Waals surface area contributed by atoms with Gasteiger partial charge in [0.2, 0.25) is 10.0 Å². The van der Waals surface area contributed by atoms with Crippen LogP contribution < -0.4 is 9.46 Å². The van der Waals surface area contributed by atoms with Crippen molar-refractivity contribution in [1.82, 2.24) is 4.72 Å². The number of carboxylic acids is 1. The molecular weight excluding hydrogens is 342 g/mol. The Morgan fingerprint density at radius 1 is 1.04 bits per heavy atom. The molecule has 0 saturated carbocycles. The zero-order valence-corrected chi connectivity index (χ0v) is 14.5. The van der Waals surface area contributed by atoms with Crippen molar-refractivity contribution >= 4 is 16.0 Å². The largest absolute Gasteiger partial charge is 0.482 e. The molecule has 2 rings (SSSR count). The quantitative estimate of drug-likeness (QED) is 0.633. The van der Waals surface area contributed by atoms with E-state index in [1.807, 2.05) is 12.1 Å². The minimum Gasteiger partial charge on any atom is -0.482 e. The van der Waals surface area contributed by atoms with Gasteiger partial charge in [-0.2, -0.15) is 0 Å². The highest BCUT2D eigenvalue weighted by Crippen LogP contribution is 2.15. The van der Waals surface area contributed by atoms with Crippen molar-refractivity contribution < 1.29 is 23.1 Å². The van der Waals surface area contributed by atoms with E-state index in [0.29, 0.717) is 18.7 Å². The molecule has 2 N–H and O–H groups in total. The van der Waals surface area contributed by atoms with E-state index in [0.717, 1.165) is 18.4 Å². The van der Waals surface area contributed by atoms with Gasteiger partial charge in [-0.3, -0.25) is 0 Å². The van der Waals surface area contributed by atoms with Crippen molar-refractivity contribution in [3.63, 3.8) is 0 Å². The first-order valence-corrected chi connectivity index (χ1v) is 9.44. The molecule has 0 bridgehead atoms. The average Bonchev–Trinajstić information content (AvgIpc) is 2.61. The van der Waals surface area contributed by atoms with Crippen LogP contribution in [0.4, 0.5) is 0 Å². The Morgan fingerprint density at radius 2 is 1.80 bits per heavy atom. The minimum atomic E-state index is -3.45. The lowest BCUT2D eigenvalue weighted by molar-refractivity contribution is -0.139. The molecule has 0 unspecified atom stereocenters. The minimum absolute atomic E-state index is 0.262. The van der Waals surface area contributed by atoms with Gasteiger partial charge in [0, 0.05) is 6.54 Å². The van der Waals surface area contributed by atoms with Crippen LogP contribution in [0.15, 0.2) is 59.5 Å². The molecule has 0 saturated heterocycles. The molecule has 134 valence electrons. The maximum atomic E-state index is 12.1. The number of sulfonamides is 1. The molecule has 6 nitrogen and oxygen atoms in total. The van der Waals surface area contributed by atoms with E-state index in [2.05, 4.69) is 4.72 Å². The smallest absolute Gasteiger partial charge is 0.341 e. The van der Waals surface area contributed by atoms with Gasteiger partial charge in [-0.25, -0.2) is 17.9 Å². The van der Waals surface area contributed by atoms with E-state index in [9.17, 15) is 13.2 Å². The Hall–Kier alpha value is -2.38. The summed E-state index contributed by atoms with van der Waals surface area (Å²) < 4.78 is 31.8. The van der Waals surface area contributed by atoms with Gasteiger partial charge in [-0.1, -0.05) is 30.3 Å². The highest BCUT2D eigenvalue weighted by atomic mass is 32.2. The van der Waals surface area contributed by atoms with Crippen LogP contribution in [0, 0.1) is 0 Å². The zero-order chi connectivity index (χ0) is 18.1. The summed E-state index contributed by atoms with van der Waals surface area (Å²) in [6, 6.07) is 15.5. The fraction of sp³-hybridized carbons (Fsp3) is 0.278. The molecule has 0 aliphatic rings. The van der Waals surface area contributed by atoms with Gasteiger partial charge in [0.15, 0.2) is 6.61 Å². The lowest BCUT2D eigenvalue weighted by Gasteiger charge is -2.08. The molecule has 0 aliphatic heterocycles. The van der Waals surface area contributed by atoms with Crippen molar-refractivity contribution in [1.29, 1.82) is 0 Å². The molecule has 0 heterocycles. The van der Waals surface area contributed by atoms with Crippen LogP contribution in [0.1, 0.15) is 18.4 Å². The summed E-state index contributed by atoms with van der Waals surface area (Å²) in [7, 11) is -3.45. The number of nitrogens with one attached hydrogen (secondary N) is 1. The molecule has 0 radical (unpaired) electrons. The second-order valence-electron chi connectivity index (χ2n) is 5.50. The number of benzene rings is 2. The van der Waals surface area contributed by atoms with Crippen molar-refractivity contribution in [3.8, 4) is 5.75 Å². The normalized spacial score (nSPS) is 11.2. The molecule has 0 amide bonds. The molecule has 7 heteroatoms. The number of ether oxygens (including phenoxy) is 1. The molecule has 0 fully saturated rings. The third kappa shape index (κ3) is 6.56. The summed E-state index contributed by atoms with van der Waals surface area (Å²) in [5, 5.41) is 8.61. The standard InChI is InChI=1S/C18H21NO5S/c20-18(21)14-24-16-9-6-8-15(13-16)7-4-5-12-19-25(22,23)17-10-2-1-3-11-17/h1-3,6,8-11,13,19H,4-5,7,12,14H2,(H,20,21). The number of carboxylic acid groups (broad SMARTS) is 1. The summed E-state index contributed by atoms with van der Waals surface area (Å²) in [4.78, 5) is 10.8. The predicted molar refractivity (Wildman–Crippen MR) is 94.1 cm³/mol. The zero-order valence-electron chi connectivity index (χ0n) is 13.7. The van der Waals surface area contributed by atoms with Gasteiger partial charge in [-0.15, -0.1) is 0 Å². The number of hydrogen-bond acceptors (Lipinski definition) is 4. The number of rotatable bonds is 10. The molecule has 0 aliphatic carbocycles. The van der Waals surface area contributed by atoms with Crippen LogP contribution in [0.5, 0.6) is 5.75 Å². The van der Waals surface area contributed by atoms with Crippen molar-refractivity contribution in [2.45, 2.75) is 24.2 Å². The Bertz CT molecular complexity index is 790. The summed E-state index contributed by atoms with van der Waals surface area (Å²) in [6.07, 6.45) is 2.27. The maximum Gasteiger partial charge on any atom is 0.341 e. The van der Waals surface area contributed by atoms with Gasteiger partial charge >= 0.3 is 5.97 Å². The van der Waals surface area contributed by atoms with E-state index in [1.54, 1.807) is 42.5 Å². The number of carbonyl (C=O) groups is 1. The van der Waals surface area contributed by atoms with Crippen molar-refractivity contribution in [2.75, 3.05) is 13.2 Å². The van der Waals surface area contributed by atoms with E-state index >= 15 is 0 Å². The maximum absolute atomic E-state index is 12.1. The van der Waals surface area contributed by atoms with E-state index in [1.165, 1.54) is 0 Å². The summed E-state index contributed by atoms with van der Waals surface area (Å²) in [6.45, 7) is -0.00283. The fourth-order valence-electron chi connectivity index (χ4n) is 2.28. The first-order valence-electron chi connectivity index (χ1n) is 7.95. The first-order chi connectivity index (χ1) is 12.0. The van der Waals surface area contributed by atoms with Gasteiger partial charge in [0.1, 0.15) is 5.75 Å². The molecule has 2 aromatic rings. The van der Waals surface area contributed by atoms with Crippen LogP contribution in [-0.2, 0) is 21.2 Å². The number of hydrogen-bond donors (Lipinski definition) is 2. The highest BCUT2D eigenvalue weighted by Gasteiger charge is 2.11. The summed E-state index contributed by atoms with van der Waals surface area (Å²) >= 11 is 0. The number of unbranched alkanes of at least 4 members (excludes halogenated alkanes) is 1. The van der Waals surface area contributed by atoms with E-state index in [-0.39, 0.29) is 11.5 Å². The van der Waals surface area contributed by atoms with Crippen molar-refractivity contribution in [2.24, 2.45) is 0 Å². The lowest BCUT2D eigenvalue weighted by Crippen LogP contribution is -2.24. The SMILES string of the molecule is O=C(O)COc1cccc(CCCCNS(=O)(=O)c2ccccc2)c1. The monoisotopic (exact) mass is 363 g/mol. The Kier molecular flexibility index (Phi) is 6.97. The van der Waals surface area contributed by atoms with Gasteiger partial charge in [0.25, 0.3) is 0 Å². The fourth-order valence-corrected chi connectivity index (χ4v) is 3.37. The van der Waals surface area contributed by atoms with Crippen LogP contribution in [0.2, 0.25) is 0 Å². The second-order valence-corrected chi connectivity index (χ2v) is 7.26. The number of aliphatic carboxylic acids is 1. The molecule has 0 aromatic heterocycles. The Labute approximate surface area is 147 Å². The van der Waals surface area contributed by atoms with Crippen LogP contribution in [-0.4, -0.2) is 32.6 Å². The molecule has 2 aromatic carbocycles. The van der Waals surface area contributed by atoms with Crippen molar-refractivity contribution in [3.05, 3.63) is 60.2 Å². The first kappa shape index (κ1) is 19.0. The molecular formula is C18H21NO5S. The lowest BCUT2D eigenvalue weighted by atomic mass is 10.1. The summed E-state index contributed by atoms with van der Waals surface area (Å²) in [5.74, 6) is -0.499. The highest BCUT2D eigenvalue weighted by molar-refractivity contribution is 7.89. The predicted octanol–water partition coefficient (Wildman–Crippen LogP) is 2.45. The average molecular weight is 363 g/mol. The van der Waals surface area contributed by atoms with E-state index in [4.69, 9.17) is 9.84 Å². The third-order valence-corrected chi connectivity index (χ3v) is 4.98.